The van der Waals surface area contributed by atoms with Crippen LogP contribution in [0.2, 0.25) is 0 Å². The molecule has 0 N–H and O–H groups in total. The predicted octanol–water partition coefficient (Wildman–Crippen LogP) is 2.10. The van der Waals surface area contributed by atoms with Crippen LogP contribution in [0.4, 0.5) is 0 Å². The van der Waals surface area contributed by atoms with Crippen molar-refractivity contribution in [3.05, 3.63) is 29.8 Å². The molecule has 1 aliphatic rings. The van der Waals surface area contributed by atoms with E-state index in [2.05, 4.69) is 11.8 Å². The van der Waals surface area contributed by atoms with E-state index in [4.69, 9.17) is 0 Å². The Balaban J connectivity index is 2.00. The van der Waals surface area contributed by atoms with Crippen molar-refractivity contribution in [3.63, 3.8) is 0 Å². The van der Waals surface area contributed by atoms with Gasteiger partial charge in [0.15, 0.2) is 0 Å². The summed E-state index contributed by atoms with van der Waals surface area (Å²) < 4.78 is 26.7. The normalized spacial score (nSPS) is 18.3. The van der Waals surface area contributed by atoms with Gasteiger partial charge in [-0.05, 0) is 32.0 Å². The van der Waals surface area contributed by atoms with Crippen LogP contribution >= 0.6 is 0 Å². The van der Waals surface area contributed by atoms with E-state index < -0.39 is 10.0 Å². The van der Waals surface area contributed by atoms with Gasteiger partial charge in [-0.1, -0.05) is 31.0 Å². The number of benzene rings is 1. The molecule has 0 saturated carbocycles. The van der Waals surface area contributed by atoms with Crippen molar-refractivity contribution >= 4 is 10.0 Å². The van der Waals surface area contributed by atoms with Gasteiger partial charge < -0.3 is 4.90 Å². The lowest BCUT2D eigenvalue weighted by Gasteiger charge is -2.33. The third-order valence-electron chi connectivity index (χ3n) is 3.82. The highest BCUT2D eigenvalue weighted by molar-refractivity contribution is 7.89. The first-order chi connectivity index (χ1) is 9.54. The Bertz CT molecular complexity index is 517. The largest absolute Gasteiger partial charge is 0.301 e. The molecule has 0 unspecified atom stereocenters. The van der Waals surface area contributed by atoms with Crippen LogP contribution in [0.25, 0.3) is 0 Å². The minimum absolute atomic E-state index is 0.408. The third kappa shape index (κ3) is 3.59. The Labute approximate surface area is 122 Å². The Kier molecular flexibility index (Phi) is 5.18. The van der Waals surface area contributed by atoms with Gasteiger partial charge in [0.2, 0.25) is 10.0 Å². The van der Waals surface area contributed by atoms with Crippen molar-refractivity contribution in [1.82, 2.24) is 9.21 Å². The summed E-state index contributed by atoms with van der Waals surface area (Å²) in [6.45, 7) is 8.09. The molecule has 1 aromatic rings. The monoisotopic (exact) mass is 296 g/mol. The van der Waals surface area contributed by atoms with Crippen LogP contribution < -0.4 is 0 Å². The summed E-state index contributed by atoms with van der Waals surface area (Å²) in [4.78, 5) is 2.76. The first kappa shape index (κ1) is 15.5. The fraction of sp³-hybridized carbons (Fsp3) is 0.600. The van der Waals surface area contributed by atoms with Crippen molar-refractivity contribution in [2.24, 2.45) is 0 Å². The van der Waals surface area contributed by atoms with E-state index in [9.17, 15) is 8.42 Å². The number of hydrogen-bond donors (Lipinski definition) is 0. The van der Waals surface area contributed by atoms with E-state index in [0.29, 0.717) is 18.0 Å². The smallest absolute Gasteiger partial charge is 0.243 e. The number of hydrogen-bond acceptors (Lipinski definition) is 3. The molecule has 20 heavy (non-hydrogen) atoms. The van der Waals surface area contributed by atoms with Crippen molar-refractivity contribution in [2.75, 3.05) is 32.7 Å². The lowest BCUT2D eigenvalue weighted by molar-refractivity contribution is 0.186. The van der Waals surface area contributed by atoms with Gasteiger partial charge >= 0.3 is 0 Å². The minimum Gasteiger partial charge on any atom is -0.301 e. The van der Waals surface area contributed by atoms with Crippen LogP contribution in [-0.2, 0) is 10.0 Å². The second kappa shape index (κ2) is 6.70. The van der Waals surface area contributed by atoms with Gasteiger partial charge in [-0.3, -0.25) is 0 Å². The number of aryl methyl sites for hydroxylation is 1. The molecule has 4 nitrogen and oxygen atoms in total. The standard InChI is InChI=1S/C15H24N2O2S/c1-3-4-9-16-10-12-17(13-11-16)20(18,19)15-7-5-14(2)6-8-15/h5-8H,3-4,9-13H2,1-2H3. The summed E-state index contributed by atoms with van der Waals surface area (Å²) in [6.07, 6.45) is 2.37. The Morgan fingerprint density at radius 1 is 1.05 bits per heavy atom. The molecule has 1 aliphatic heterocycles. The topological polar surface area (TPSA) is 40.6 Å². The molecule has 1 fully saturated rings. The predicted molar refractivity (Wildman–Crippen MR) is 81.3 cm³/mol. The van der Waals surface area contributed by atoms with E-state index in [-0.39, 0.29) is 0 Å². The van der Waals surface area contributed by atoms with Gasteiger partial charge in [-0.2, -0.15) is 4.31 Å². The Morgan fingerprint density at radius 2 is 1.65 bits per heavy atom. The summed E-state index contributed by atoms with van der Waals surface area (Å²) in [5.74, 6) is 0. The van der Waals surface area contributed by atoms with E-state index >= 15 is 0 Å². The first-order valence-electron chi connectivity index (χ1n) is 7.33. The molecular weight excluding hydrogens is 272 g/mol. The molecule has 0 amide bonds. The summed E-state index contributed by atoms with van der Waals surface area (Å²) in [7, 11) is -3.32. The van der Waals surface area contributed by atoms with Crippen molar-refractivity contribution < 1.29 is 8.42 Å². The molecule has 5 heteroatoms. The highest BCUT2D eigenvalue weighted by Gasteiger charge is 2.27. The maximum Gasteiger partial charge on any atom is 0.243 e. The van der Waals surface area contributed by atoms with Gasteiger partial charge in [0.25, 0.3) is 0 Å². The van der Waals surface area contributed by atoms with E-state index in [0.717, 1.165) is 25.2 Å². The maximum absolute atomic E-state index is 12.5. The summed E-state index contributed by atoms with van der Waals surface area (Å²) in [6, 6.07) is 7.11. The highest BCUT2D eigenvalue weighted by atomic mass is 32.2. The van der Waals surface area contributed by atoms with Crippen molar-refractivity contribution in [2.45, 2.75) is 31.6 Å². The van der Waals surface area contributed by atoms with Gasteiger partial charge in [-0.25, -0.2) is 8.42 Å². The van der Waals surface area contributed by atoms with Gasteiger partial charge in [0, 0.05) is 26.2 Å². The highest BCUT2D eigenvalue weighted by Crippen LogP contribution is 2.18. The van der Waals surface area contributed by atoms with E-state index in [1.807, 2.05) is 19.1 Å². The Hall–Kier alpha value is -0.910. The molecule has 0 aliphatic carbocycles. The molecule has 0 spiro atoms. The summed E-state index contributed by atoms with van der Waals surface area (Å²) in [5.41, 5.74) is 1.08. The maximum atomic E-state index is 12.5. The average Bonchev–Trinajstić information content (AvgIpc) is 2.46. The van der Waals surface area contributed by atoms with Crippen LogP contribution in [0, 0.1) is 6.92 Å². The molecule has 1 saturated heterocycles. The fourth-order valence-electron chi connectivity index (χ4n) is 2.43. The lowest BCUT2D eigenvalue weighted by Crippen LogP contribution is -2.48. The fourth-order valence-corrected chi connectivity index (χ4v) is 3.86. The molecule has 112 valence electrons. The first-order valence-corrected chi connectivity index (χ1v) is 8.77. The zero-order chi connectivity index (χ0) is 14.6. The molecular formula is C15H24N2O2S. The average molecular weight is 296 g/mol. The second-order valence-corrected chi connectivity index (χ2v) is 7.35. The van der Waals surface area contributed by atoms with Gasteiger partial charge in [0.1, 0.15) is 0 Å². The number of piperazine rings is 1. The van der Waals surface area contributed by atoms with Gasteiger partial charge in [0.05, 0.1) is 4.90 Å². The number of rotatable bonds is 5. The Morgan fingerprint density at radius 3 is 2.20 bits per heavy atom. The zero-order valence-corrected chi connectivity index (χ0v) is 13.2. The van der Waals surface area contributed by atoms with Crippen molar-refractivity contribution in [3.8, 4) is 0 Å². The zero-order valence-electron chi connectivity index (χ0n) is 12.4. The van der Waals surface area contributed by atoms with Crippen LogP contribution in [0.15, 0.2) is 29.2 Å². The van der Waals surface area contributed by atoms with E-state index in [1.165, 1.54) is 12.8 Å². The molecule has 2 rings (SSSR count). The molecule has 1 heterocycles. The van der Waals surface area contributed by atoms with Crippen LogP contribution in [0.3, 0.4) is 0 Å². The molecule has 1 aromatic carbocycles. The molecule has 0 atom stereocenters. The lowest BCUT2D eigenvalue weighted by atomic mass is 10.2. The number of unbranched alkanes of at least 4 members (excludes halogenated alkanes) is 1. The SMILES string of the molecule is CCCCN1CCN(S(=O)(=O)c2ccc(C)cc2)CC1. The molecule has 0 bridgehead atoms. The molecule has 0 radical (unpaired) electrons. The van der Waals surface area contributed by atoms with Crippen molar-refractivity contribution in [1.29, 1.82) is 0 Å². The number of sulfonamides is 1. The van der Waals surface area contributed by atoms with Crippen LogP contribution in [-0.4, -0.2) is 50.3 Å². The van der Waals surface area contributed by atoms with Crippen LogP contribution in [0.5, 0.6) is 0 Å². The minimum atomic E-state index is -3.32. The quantitative estimate of drug-likeness (QED) is 0.835. The summed E-state index contributed by atoms with van der Waals surface area (Å²) >= 11 is 0. The summed E-state index contributed by atoms with van der Waals surface area (Å²) in [5, 5.41) is 0. The number of nitrogens with zero attached hydrogens (tertiary/aromatic N) is 2. The van der Waals surface area contributed by atoms with Crippen LogP contribution in [0.1, 0.15) is 25.3 Å². The van der Waals surface area contributed by atoms with Gasteiger partial charge in [-0.15, -0.1) is 0 Å². The third-order valence-corrected chi connectivity index (χ3v) is 5.73. The van der Waals surface area contributed by atoms with E-state index in [1.54, 1.807) is 16.4 Å². The molecule has 0 aromatic heterocycles. The second-order valence-electron chi connectivity index (χ2n) is 5.41.